The van der Waals surface area contributed by atoms with E-state index in [1.807, 2.05) is 29.3 Å². The number of anilines is 2. The summed E-state index contributed by atoms with van der Waals surface area (Å²) >= 11 is 12.0. The van der Waals surface area contributed by atoms with Crippen molar-refractivity contribution < 1.29 is 4.74 Å². The molecule has 0 atom stereocenters. The Bertz CT molecular complexity index is 929. The molecule has 3 aromatic rings. The SMILES string of the molecule is C[Si](C)(C)CCOCN(c1ccc(Cl)nc1)c1nccc2cc(CCl)ccc12. The zero-order valence-corrected chi connectivity index (χ0v) is 19.0. The minimum Gasteiger partial charge on any atom is -0.361 e. The molecule has 0 unspecified atom stereocenters. The fraction of sp³-hybridized carbons (Fsp3) is 0.333. The Morgan fingerprint density at radius 3 is 2.57 bits per heavy atom. The highest BCUT2D eigenvalue weighted by molar-refractivity contribution is 6.76. The Balaban J connectivity index is 1.94. The molecule has 2 aromatic heterocycles. The summed E-state index contributed by atoms with van der Waals surface area (Å²) in [7, 11) is -1.15. The van der Waals surface area contributed by atoms with E-state index < -0.39 is 8.07 Å². The van der Waals surface area contributed by atoms with Crippen LogP contribution >= 0.6 is 23.2 Å². The van der Waals surface area contributed by atoms with Gasteiger partial charge in [0.05, 0.1) is 11.9 Å². The molecule has 0 aliphatic rings. The molecule has 0 fully saturated rings. The molecule has 0 spiro atoms. The van der Waals surface area contributed by atoms with Gasteiger partial charge in [0.1, 0.15) is 17.7 Å². The highest BCUT2D eigenvalue weighted by Gasteiger charge is 2.17. The Morgan fingerprint density at radius 1 is 1.07 bits per heavy atom. The monoisotopic (exact) mass is 433 g/mol. The smallest absolute Gasteiger partial charge is 0.142 e. The second-order valence-corrected chi connectivity index (χ2v) is 14.2. The molecule has 0 aliphatic heterocycles. The van der Waals surface area contributed by atoms with Gasteiger partial charge in [0, 0.05) is 32.1 Å². The zero-order valence-electron chi connectivity index (χ0n) is 16.5. The summed E-state index contributed by atoms with van der Waals surface area (Å²) in [5, 5.41) is 2.60. The lowest BCUT2D eigenvalue weighted by Crippen LogP contribution is -2.26. The summed E-state index contributed by atoms with van der Waals surface area (Å²) in [5.74, 6) is 1.31. The summed E-state index contributed by atoms with van der Waals surface area (Å²) < 4.78 is 6.04. The number of halogens is 2. The Hall–Kier alpha value is -1.66. The van der Waals surface area contributed by atoms with Crippen LogP contribution in [0.2, 0.25) is 30.8 Å². The molecule has 0 aliphatic carbocycles. The van der Waals surface area contributed by atoms with Gasteiger partial charge in [-0.2, -0.15) is 0 Å². The molecule has 3 rings (SSSR count). The van der Waals surface area contributed by atoms with Gasteiger partial charge in [-0.15, -0.1) is 11.6 Å². The van der Waals surface area contributed by atoms with Gasteiger partial charge in [-0.05, 0) is 41.3 Å². The first-order valence-electron chi connectivity index (χ1n) is 9.28. The lowest BCUT2D eigenvalue weighted by atomic mass is 10.1. The molecular weight excluding hydrogens is 409 g/mol. The Morgan fingerprint density at radius 2 is 1.89 bits per heavy atom. The van der Waals surface area contributed by atoms with Crippen LogP contribution < -0.4 is 4.90 Å². The van der Waals surface area contributed by atoms with E-state index in [0.717, 1.165) is 40.5 Å². The van der Waals surface area contributed by atoms with Crippen LogP contribution in [-0.2, 0) is 10.6 Å². The average Bonchev–Trinajstić information content (AvgIpc) is 2.67. The highest BCUT2D eigenvalue weighted by Crippen LogP contribution is 2.31. The molecule has 1 aromatic carbocycles. The van der Waals surface area contributed by atoms with Gasteiger partial charge in [-0.1, -0.05) is 43.4 Å². The van der Waals surface area contributed by atoms with Gasteiger partial charge in [0.25, 0.3) is 0 Å². The number of fused-ring (bicyclic) bond motifs is 1. The van der Waals surface area contributed by atoms with Crippen LogP contribution in [0.3, 0.4) is 0 Å². The summed E-state index contributed by atoms with van der Waals surface area (Å²) in [4.78, 5) is 10.9. The number of pyridine rings is 2. The molecule has 0 amide bonds. The fourth-order valence-corrected chi connectivity index (χ4v) is 3.86. The minimum atomic E-state index is -1.15. The van der Waals surface area contributed by atoms with Crippen LogP contribution in [0.15, 0.2) is 48.8 Å². The van der Waals surface area contributed by atoms with E-state index >= 15 is 0 Å². The van der Waals surface area contributed by atoms with Gasteiger partial charge in [-0.3, -0.25) is 0 Å². The van der Waals surface area contributed by atoms with Crippen LogP contribution in [0.5, 0.6) is 0 Å². The van der Waals surface area contributed by atoms with Crippen LogP contribution in [0, 0.1) is 0 Å². The van der Waals surface area contributed by atoms with E-state index in [4.69, 9.17) is 27.9 Å². The highest BCUT2D eigenvalue weighted by atomic mass is 35.5. The van der Waals surface area contributed by atoms with Crippen molar-refractivity contribution in [3.8, 4) is 0 Å². The van der Waals surface area contributed by atoms with Crippen molar-refractivity contribution in [3.63, 3.8) is 0 Å². The maximum atomic E-state index is 6.04. The zero-order chi connectivity index (χ0) is 20.1. The van der Waals surface area contributed by atoms with E-state index in [0.29, 0.717) is 17.8 Å². The van der Waals surface area contributed by atoms with E-state index in [1.54, 1.807) is 12.3 Å². The van der Waals surface area contributed by atoms with Crippen molar-refractivity contribution in [2.75, 3.05) is 18.2 Å². The van der Waals surface area contributed by atoms with Crippen LogP contribution in [-0.4, -0.2) is 31.4 Å². The largest absolute Gasteiger partial charge is 0.361 e. The van der Waals surface area contributed by atoms with Crippen molar-refractivity contribution in [2.24, 2.45) is 0 Å². The summed E-state index contributed by atoms with van der Waals surface area (Å²) in [6.07, 6.45) is 3.56. The molecule has 148 valence electrons. The van der Waals surface area contributed by atoms with Gasteiger partial charge < -0.3 is 9.64 Å². The molecule has 0 saturated heterocycles. The number of rotatable bonds is 8. The quantitative estimate of drug-likeness (QED) is 0.134. The lowest BCUT2D eigenvalue weighted by Gasteiger charge is -2.25. The first-order chi connectivity index (χ1) is 13.4. The number of hydrogen-bond donors (Lipinski definition) is 0. The van der Waals surface area contributed by atoms with Crippen molar-refractivity contribution >= 4 is 53.6 Å². The van der Waals surface area contributed by atoms with E-state index in [2.05, 4.69) is 41.7 Å². The Kier molecular flexibility index (Phi) is 6.94. The van der Waals surface area contributed by atoms with Gasteiger partial charge in [0.15, 0.2) is 0 Å². The molecule has 0 saturated carbocycles. The Labute approximate surface area is 177 Å². The second kappa shape index (κ2) is 9.22. The van der Waals surface area contributed by atoms with E-state index in [9.17, 15) is 0 Å². The van der Waals surface area contributed by atoms with Crippen LogP contribution in [0.4, 0.5) is 11.5 Å². The van der Waals surface area contributed by atoms with Gasteiger partial charge >= 0.3 is 0 Å². The normalized spacial score (nSPS) is 11.8. The average molecular weight is 434 g/mol. The number of ether oxygens (including phenoxy) is 1. The van der Waals surface area contributed by atoms with Crippen LogP contribution in [0.25, 0.3) is 10.8 Å². The number of alkyl halides is 1. The molecule has 0 radical (unpaired) electrons. The van der Waals surface area contributed by atoms with Crippen LogP contribution in [0.1, 0.15) is 5.56 Å². The predicted octanol–water partition coefficient (Wildman–Crippen LogP) is 6.47. The summed E-state index contributed by atoms with van der Waals surface area (Å²) in [5.41, 5.74) is 1.97. The first kappa shape index (κ1) is 21.1. The molecule has 7 heteroatoms. The topological polar surface area (TPSA) is 38.2 Å². The minimum absolute atomic E-state index is 0.400. The van der Waals surface area contributed by atoms with Crippen molar-refractivity contribution in [2.45, 2.75) is 31.6 Å². The second-order valence-electron chi connectivity index (χ2n) is 7.94. The maximum absolute atomic E-state index is 6.04. The molecule has 4 nitrogen and oxygen atoms in total. The molecular formula is C21H25Cl2N3OSi. The third-order valence-electron chi connectivity index (χ3n) is 4.46. The summed E-state index contributed by atoms with van der Waals surface area (Å²) in [6.45, 7) is 8.17. The van der Waals surface area contributed by atoms with Crippen molar-refractivity contribution in [1.29, 1.82) is 0 Å². The van der Waals surface area contributed by atoms with Gasteiger partial charge in [0.2, 0.25) is 0 Å². The number of nitrogens with zero attached hydrogens (tertiary/aromatic N) is 3. The predicted molar refractivity (Wildman–Crippen MR) is 122 cm³/mol. The number of aromatic nitrogens is 2. The molecule has 0 bridgehead atoms. The number of hydrogen-bond acceptors (Lipinski definition) is 4. The summed E-state index contributed by atoms with van der Waals surface area (Å²) in [6, 6.07) is 13.0. The standard InChI is InChI=1S/C21H25Cl2N3OSi/c1-28(2,3)11-10-27-15-26(18-5-7-20(23)25-14-18)21-19-6-4-16(13-22)12-17(19)8-9-24-21/h4-9,12,14H,10-11,13,15H2,1-3H3. The maximum Gasteiger partial charge on any atom is 0.142 e. The van der Waals surface area contributed by atoms with E-state index in [1.165, 1.54) is 0 Å². The van der Waals surface area contributed by atoms with Crippen molar-refractivity contribution in [1.82, 2.24) is 9.97 Å². The van der Waals surface area contributed by atoms with E-state index in [-0.39, 0.29) is 0 Å². The molecule has 2 heterocycles. The van der Waals surface area contributed by atoms with Crippen molar-refractivity contribution in [3.05, 3.63) is 59.5 Å². The third kappa shape index (κ3) is 5.45. The molecule has 28 heavy (non-hydrogen) atoms. The van der Waals surface area contributed by atoms with Gasteiger partial charge in [-0.25, -0.2) is 9.97 Å². The fourth-order valence-electron chi connectivity index (χ4n) is 2.83. The first-order valence-corrected chi connectivity index (χ1v) is 13.9. The molecule has 0 N–H and O–H groups in total. The number of benzene rings is 1. The third-order valence-corrected chi connectivity index (χ3v) is 6.69. The lowest BCUT2D eigenvalue weighted by molar-refractivity contribution is 0.153.